The maximum atomic E-state index is 6.24. The van der Waals surface area contributed by atoms with Crippen LogP contribution in [-0.2, 0) is 6.54 Å². The Balaban J connectivity index is 1.72. The van der Waals surface area contributed by atoms with Crippen LogP contribution >= 0.6 is 11.6 Å². The van der Waals surface area contributed by atoms with Gasteiger partial charge >= 0.3 is 0 Å². The highest BCUT2D eigenvalue weighted by Crippen LogP contribution is 2.32. The first-order valence-electron chi connectivity index (χ1n) is 7.17. The molecule has 0 unspecified atom stereocenters. The molecule has 2 heterocycles. The second-order valence-corrected chi connectivity index (χ2v) is 7.00. The number of nitrogens with one attached hydrogen (secondary N) is 1. The van der Waals surface area contributed by atoms with Crippen molar-refractivity contribution < 1.29 is 0 Å². The van der Waals surface area contributed by atoms with Crippen molar-refractivity contribution in [3.63, 3.8) is 0 Å². The standard InChI is InChI=1S/C15H22ClN3/c1-15(2)7-8-19(10-15)14-6-5-12(16)13(18-14)9-17-11-3-4-11/h5-6,11,17H,3-4,7-10H2,1-2H3. The van der Waals surface area contributed by atoms with Crippen molar-refractivity contribution >= 4 is 17.4 Å². The van der Waals surface area contributed by atoms with Crippen molar-refractivity contribution in [3.05, 3.63) is 22.8 Å². The molecular weight excluding hydrogens is 258 g/mol. The van der Waals surface area contributed by atoms with Crippen LogP contribution in [0.4, 0.5) is 5.82 Å². The molecule has 1 saturated heterocycles. The first kappa shape index (κ1) is 13.2. The second kappa shape index (κ2) is 4.95. The molecule has 3 rings (SSSR count). The molecule has 1 saturated carbocycles. The number of nitrogens with zero attached hydrogens (tertiary/aromatic N) is 2. The molecule has 2 fully saturated rings. The summed E-state index contributed by atoms with van der Waals surface area (Å²) >= 11 is 6.24. The third-order valence-electron chi connectivity index (χ3n) is 4.04. The van der Waals surface area contributed by atoms with Crippen LogP contribution in [0.5, 0.6) is 0 Å². The Hall–Kier alpha value is -0.800. The normalized spacial score (nSPS) is 21.9. The number of aromatic nitrogens is 1. The number of hydrogen-bond acceptors (Lipinski definition) is 3. The fourth-order valence-corrected chi connectivity index (χ4v) is 2.78. The summed E-state index contributed by atoms with van der Waals surface area (Å²) in [6, 6.07) is 4.72. The molecule has 1 N–H and O–H groups in total. The molecule has 2 aliphatic rings. The van der Waals surface area contributed by atoms with E-state index in [4.69, 9.17) is 16.6 Å². The topological polar surface area (TPSA) is 28.2 Å². The molecule has 1 aromatic heterocycles. The van der Waals surface area contributed by atoms with Crippen LogP contribution in [0.2, 0.25) is 5.02 Å². The van der Waals surface area contributed by atoms with E-state index in [0.717, 1.165) is 36.2 Å². The summed E-state index contributed by atoms with van der Waals surface area (Å²) in [5.41, 5.74) is 1.38. The summed E-state index contributed by atoms with van der Waals surface area (Å²) in [5, 5.41) is 4.26. The quantitative estimate of drug-likeness (QED) is 0.917. The van der Waals surface area contributed by atoms with Crippen molar-refractivity contribution in [3.8, 4) is 0 Å². The Labute approximate surface area is 120 Å². The fraction of sp³-hybridized carbons (Fsp3) is 0.667. The molecule has 1 aliphatic heterocycles. The Morgan fingerprint density at radius 3 is 2.84 bits per heavy atom. The molecule has 0 spiro atoms. The van der Waals surface area contributed by atoms with Gasteiger partial charge in [0.1, 0.15) is 5.82 Å². The van der Waals surface area contributed by atoms with E-state index in [0.29, 0.717) is 11.5 Å². The van der Waals surface area contributed by atoms with Gasteiger partial charge in [0.15, 0.2) is 0 Å². The van der Waals surface area contributed by atoms with Gasteiger partial charge in [0.05, 0.1) is 10.7 Å². The van der Waals surface area contributed by atoms with Gasteiger partial charge in [-0.05, 0) is 36.8 Å². The van der Waals surface area contributed by atoms with Gasteiger partial charge in [0.2, 0.25) is 0 Å². The van der Waals surface area contributed by atoms with Crippen LogP contribution in [0, 0.1) is 5.41 Å². The summed E-state index contributed by atoms with van der Waals surface area (Å²) in [6.07, 6.45) is 3.81. The van der Waals surface area contributed by atoms with Crippen molar-refractivity contribution in [2.24, 2.45) is 5.41 Å². The zero-order chi connectivity index (χ0) is 13.5. The minimum absolute atomic E-state index is 0.397. The van der Waals surface area contributed by atoms with E-state index in [1.165, 1.54) is 19.3 Å². The number of pyridine rings is 1. The molecule has 1 aliphatic carbocycles. The largest absolute Gasteiger partial charge is 0.356 e. The lowest BCUT2D eigenvalue weighted by atomic mass is 9.93. The minimum Gasteiger partial charge on any atom is -0.356 e. The average Bonchev–Trinajstić information content (AvgIpc) is 3.12. The Bertz CT molecular complexity index is 468. The molecule has 4 heteroatoms. The van der Waals surface area contributed by atoms with E-state index in [1.54, 1.807) is 0 Å². The Morgan fingerprint density at radius 1 is 1.42 bits per heavy atom. The lowest BCUT2D eigenvalue weighted by molar-refractivity contribution is 0.418. The van der Waals surface area contributed by atoms with Gasteiger partial charge in [-0.15, -0.1) is 0 Å². The summed E-state index contributed by atoms with van der Waals surface area (Å²) in [4.78, 5) is 7.12. The average molecular weight is 280 g/mol. The highest BCUT2D eigenvalue weighted by molar-refractivity contribution is 6.31. The summed E-state index contributed by atoms with van der Waals surface area (Å²) < 4.78 is 0. The molecule has 0 amide bonds. The van der Waals surface area contributed by atoms with Gasteiger partial charge in [-0.2, -0.15) is 0 Å². The van der Waals surface area contributed by atoms with E-state index < -0.39 is 0 Å². The molecule has 3 nitrogen and oxygen atoms in total. The molecule has 0 radical (unpaired) electrons. The van der Waals surface area contributed by atoms with Gasteiger partial charge in [-0.1, -0.05) is 25.4 Å². The zero-order valence-electron chi connectivity index (χ0n) is 11.7. The molecule has 19 heavy (non-hydrogen) atoms. The van der Waals surface area contributed by atoms with E-state index in [2.05, 4.69) is 24.1 Å². The highest BCUT2D eigenvalue weighted by atomic mass is 35.5. The fourth-order valence-electron chi connectivity index (χ4n) is 2.61. The number of rotatable bonds is 4. The lowest BCUT2D eigenvalue weighted by Crippen LogP contribution is -2.24. The molecule has 0 atom stereocenters. The highest BCUT2D eigenvalue weighted by Gasteiger charge is 2.30. The molecule has 0 aromatic carbocycles. The third kappa shape index (κ3) is 3.21. The van der Waals surface area contributed by atoms with Crippen molar-refractivity contribution in [1.82, 2.24) is 10.3 Å². The SMILES string of the molecule is CC1(C)CCN(c2ccc(Cl)c(CNC3CC3)n2)C1. The van der Waals surface area contributed by atoms with Crippen molar-refractivity contribution in [2.45, 2.75) is 45.7 Å². The van der Waals surface area contributed by atoms with Crippen LogP contribution in [-0.4, -0.2) is 24.1 Å². The van der Waals surface area contributed by atoms with E-state index in [9.17, 15) is 0 Å². The maximum absolute atomic E-state index is 6.24. The van der Waals surface area contributed by atoms with Gasteiger partial charge in [-0.25, -0.2) is 4.98 Å². The smallest absolute Gasteiger partial charge is 0.128 e. The molecule has 0 bridgehead atoms. The van der Waals surface area contributed by atoms with Gasteiger partial charge in [-0.3, -0.25) is 0 Å². The molecule has 104 valence electrons. The lowest BCUT2D eigenvalue weighted by Gasteiger charge is -2.21. The number of hydrogen-bond donors (Lipinski definition) is 1. The number of halogens is 1. The van der Waals surface area contributed by atoms with Gasteiger partial charge < -0.3 is 10.2 Å². The van der Waals surface area contributed by atoms with E-state index >= 15 is 0 Å². The Kier molecular flexibility index (Phi) is 3.44. The van der Waals surface area contributed by atoms with Gasteiger partial charge in [0.25, 0.3) is 0 Å². The van der Waals surface area contributed by atoms with Crippen LogP contribution in [0.1, 0.15) is 38.8 Å². The summed E-state index contributed by atoms with van der Waals surface area (Å²) in [5.74, 6) is 1.07. The monoisotopic (exact) mass is 279 g/mol. The second-order valence-electron chi connectivity index (χ2n) is 6.59. The first-order valence-corrected chi connectivity index (χ1v) is 7.55. The maximum Gasteiger partial charge on any atom is 0.128 e. The Morgan fingerprint density at radius 2 is 2.21 bits per heavy atom. The third-order valence-corrected chi connectivity index (χ3v) is 4.38. The van der Waals surface area contributed by atoms with Crippen molar-refractivity contribution in [1.29, 1.82) is 0 Å². The van der Waals surface area contributed by atoms with Crippen molar-refractivity contribution in [2.75, 3.05) is 18.0 Å². The summed E-state index contributed by atoms with van der Waals surface area (Å²) in [7, 11) is 0. The molecular formula is C15H22ClN3. The predicted molar refractivity (Wildman–Crippen MR) is 79.7 cm³/mol. The van der Waals surface area contributed by atoms with Gasteiger partial charge in [0, 0.05) is 25.7 Å². The molecule has 1 aromatic rings. The zero-order valence-corrected chi connectivity index (χ0v) is 12.5. The predicted octanol–water partition coefficient (Wildman–Crippen LogP) is 3.22. The van der Waals surface area contributed by atoms with E-state index in [-0.39, 0.29) is 0 Å². The van der Waals surface area contributed by atoms with Crippen LogP contribution < -0.4 is 10.2 Å². The number of anilines is 1. The van der Waals surface area contributed by atoms with Crippen LogP contribution in [0.25, 0.3) is 0 Å². The first-order chi connectivity index (χ1) is 9.03. The van der Waals surface area contributed by atoms with E-state index in [1.807, 2.05) is 12.1 Å². The summed E-state index contributed by atoms with van der Waals surface area (Å²) in [6.45, 7) is 7.60. The van der Waals surface area contributed by atoms with Crippen LogP contribution in [0.15, 0.2) is 12.1 Å². The van der Waals surface area contributed by atoms with Crippen LogP contribution in [0.3, 0.4) is 0 Å². The minimum atomic E-state index is 0.397.